The van der Waals surface area contributed by atoms with Gasteiger partial charge in [-0.2, -0.15) is 0 Å². The first kappa shape index (κ1) is 19.9. The number of piperidine rings is 1. The second-order valence-electron chi connectivity index (χ2n) is 8.03. The molecule has 0 saturated carbocycles. The molecule has 158 valence electrons. The van der Waals surface area contributed by atoms with Crippen molar-refractivity contribution >= 4 is 15.5 Å². The molecule has 5 rings (SSSR count). The largest absolute Gasteiger partial charge is 0.317 e. The molecule has 0 radical (unpaired) electrons. The number of nitrogens with zero attached hydrogens (tertiary/aromatic N) is 3. The lowest BCUT2D eigenvalue weighted by Gasteiger charge is -2.24. The van der Waals surface area contributed by atoms with E-state index in [2.05, 4.69) is 23.5 Å². The highest BCUT2D eigenvalue weighted by Crippen LogP contribution is 2.34. The Morgan fingerprint density at radius 2 is 1.65 bits per heavy atom. The van der Waals surface area contributed by atoms with Crippen molar-refractivity contribution < 1.29 is 8.42 Å². The molecular weight excluding hydrogens is 408 g/mol. The zero-order chi connectivity index (χ0) is 21.4. The van der Waals surface area contributed by atoms with Crippen LogP contribution >= 0.6 is 0 Å². The second kappa shape index (κ2) is 7.90. The van der Waals surface area contributed by atoms with E-state index in [1.165, 1.54) is 11.8 Å². The summed E-state index contributed by atoms with van der Waals surface area (Å²) in [5.41, 5.74) is 4.96. The molecule has 0 atom stereocenters. The van der Waals surface area contributed by atoms with Gasteiger partial charge in [-0.15, -0.1) is 5.10 Å². The predicted molar refractivity (Wildman–Crippen MR) is 122 cm³/mol. The Morgan fingerprint density at radius 1 is 0.935 bits per heavy atom. The number of nitrogens with one attached hydrogen (secondary N) is 1. The molecule has 2 aromatic carbocycles. The van der Waals surface area contributed by atoms with Crippen molar-refractivity contribution in [1.82, 2.24) is 19.9 Å². The maximum absolute atomic E-state index is 11.8. The minimum absolute atomic E-state index is 0.307. The van der Waals surface area contributed by atoms with Crippen molar-refractivity contribution in [2.24, 2.45) is 0 Å². The fourth-order valence-corrected chi connectivity index (χ4v) is 4.95. The van der Waals surface area contributed by atoms with Gasteiger partial charge in [-0.1, -0.05) is 36.4 Å². The minimum atomic E-state index is -3.23. The summed E-state index contributed by atoms with van der Waals surface area (Å²) >= 11 is 0. The Balaban J connectivity index is 1.59. The molecule has 3 heterocycles. The average molecular weight is 433 g/mol. The van der Waals surface area contributed by atoms with Gasteiger partial charge in [-0.3, -0.25) is 0 Å². The smallest absolute Gasteiger partial charge is 0.182 e. The first-order valence-electron chi connectivity index (χ1n) is 10.5. The minimum Gasteiger partial charge on any atom is -0.317 e. The van der Waals surface area contributed by atoms with Crippen LogP contribution in [0, 0.1) is 0 Å². The van der Waals surface area contributed by atoms with E-state index in [4.69, 9.17) is 10.1 Å². The summed E-state index contributed by atoms with van der Waals surface area (Å²) < 4.78 is 25.4. The van der Waals surface area contributed by atoms with Gasteiger partial charge in [0.15, 0.2) is 21.3 Å². The Bertz CT molecular complexity index is 1340. The first-order chi connectivity index (χ1) is 15.0. The summed E-state index contributed by atoms with van der Waals surface area (Å²) in [5, 5.41) is 8.21. The number of hydrogen-bond donors (Lipinski definition) is 1. The van der Waals surface area contributed by atoms with Crippen LogP contribution in [0.1, 0.15) is 24.3 Å². The van der Waals surface area contributed by atoms with Crippen LogP contribution in [-0.4, -0.2) is 42.4 Å². The van der Waals surface area contributed by atoms with Gasteiger partial charge in [0.1, 0.15) is 0 Å². The van der Waals surface area contributed by atoms with E-state index in [1.807, 2.05) is 36.5 Å². The zero-order valence-electron chi connectivity index (χ0n) is 17.3. The third-order valence-corrected chi connectivity index (χ3v) is 7.06. The van der Waals surface area contributed by atoms with Crippen molar-refractivity contribution in [2.75, 3.05) is 19.3 Å². The molecule has 1 saturated heterocycles. The quantitative estimate of drug-likeness (QED) is 0.529. The maximum atomic E-state index is 11.8. The van der Waals surface area contributed by atoms with Crippen LogP contribution in [0.4, 0.5) is 0 Å². The van der Waals surface area contributed by atoms with Gasteiger partial charge in [0.2, 0.25) is 0 Å². The molecule has 0 unspecified atom stereocenters. The van der Waals surface area contributed by atoms with Crippen LogP contribution in [0.25, 0.3) is 28.2 Å². The first-order valence-corrected chi connectivity index (χ1v) is 12.4. The summed E-state index contributed by atoms with van der Waals surface area (Å²) in [6.45, 7) is 2.07. The maximum Gasteiger partial charge on any atom is 0.182 e. The summed E-state index contributed by atoms with van der Waals surface area (Å²) in [7, 11) is -3.23. The summed E-state index contributed by atoms with van der Waals surface area (Å²) in [6.07, 6.45) is 5.34. The van der Waals surface area contributed by atoms with Crippen LogP contribution in [0.5, 0.6) is 0 Å². The number of rotatable bonds is 4. The second-order valence-corrected chi connectivity index (χ2v) is 10.0. The molecular formula is C24H24N4O2S. The number of pyridine rings is 1. The lowest BCUT2D eigenvalue weighted by molar-refractivity contribution is 0.461. The topological polar surface area (TPSA) is 76.4 Å². The van der Waals surface area contributed by atoms with E-state index in [9.17, 15) is 8.42 Å². The Hall–Kier alpha value is -3.03. The number of aromatic nitrogens is 3. The Morgan fingerprint density at radius 3 is 2.39 bits per heavy atom. The van der Waals surface area contributed by atoms with Gasteiger partial charge >= 0.3 is 0 Å². The van der Waals surface area contributed by atoms with Gasteiger partial charge in [-0.25, -0.2) is 17.9 Å². The summed E-state index contributed by atoms with van der Waals surface area (Å²) in [4.78, 5) is 5.21. The van der Waals surface area contributed by atoms with Crippen LogP contribution in [-0.2, 0) is 9.84 Å². The van der Waals surface area contributed by atoms with E-state index < -0.39 is 9.84 Å². The third kappa shape index (κ3) is 3.86. The summed E-state index contributed by atoms with van der Waals surface area (Å²) in [6, 6.07) is 19.3. The van der Waals surface area contributed by atoms with Gasteiger partial charge in [-0.05, 0) is 67.2 Å². The number of benzene rings is 2. The molecule has 1 aliphatic rings. The highest BCUT2D eigenvalue weighted by atomic mass is 32.2. The molecule has 0 amide bonds. The molecule has 7 heteroatoms. The molecule has 1 N–H and O–H groups in total. The monoisotopic (exact) mass is 432 g/mol. The molecule has 0 bridgehead atoms. The number of sulfone groups is 1. The molecule has 4 aromatic rings. The lowest BCUT2D eigenvalue weighted by Crippen LogP contribution is -2.26. The van der Waals surface area contributed by atoms with E-state index in [1.54, 1.807) is 16.6 Å². The molecule has 2 aromatic heterocycles. The van der Waals surface area contributed by atoms with Crippen LogP contribution < -0.4 is 5.32 Å². The zero-order valence-corrected chi connectivity index (χ0v) is 18.1. The van der Waals surface area contributed by atoms with E-state index in [0.29, 0.717) is 16.6 Å². The van der Waals surface area contributed by atoms with E-state index in [-0.39, 0.29) is 0 Å². The van der Waals surface area contributed by atoms with Gasteiger partial charge in [0.05, 0.1) is 4.90 Å². The predicted octanol–water partition coefficient (Wildman–Crippen LogP) is 3.93. The SMILES string of the molecule is CS(=O)(=O)c1ccc(-c2cccn3nc(-c4ccccc4C4CCNCC4)nc23)cc1. The average Bonchev–Trinajstić information content (AvgIpc) is 3.23. The van der Waals surface area contributed by atoms with Crippen molar-refractivity contribution in [3.8, 4) is 22.5 Å². The fraction of sp³-hybridized carbons (Fsp3) is 0.250. The number of fused-ring (bicyclic) bond motifs is 1. The Kier molecular flexibility index (Phi) is 5.08. The van der Waals surface area contributed by atoms with E-state index >= 15 is 0 Å². The van der Waals surface area contributed by atoms with Crippen LogP contribution in [0.15, 0.2) is 71.8 Å². The molecule has 6 nitrogen and oxygen atoms in total. The molecule has 0 spiro atoms. The highest BCUT2D eigenvalue weighted by molar-refractivity contribution is 7.90. The molecule has 1 aliphatic heterocycles. The standard InChI is InChI=1S/C24H24N4O2S/c1-31(29,30)19-10-8-17(9-11-19)21-7-4-16-28-24(21)26-23(27-28)22-6-3-2-5-20(22)18-12-14-25-15-13-18/h2-11,16,18,25H,12-15H2,1H3. The van der Waals surface area contributed by atoms with Crippen molar-refractivity contribution in [2.45, 2.75) is 23.7 Å². The van der Waals surface area contributed by atoms with Gasteiger partial charge < -0.3 is 5.32 Å². The van der Waals surface area contributed by atoms with Crippen molar-refractivity contribution in [3.63, 3.8) is 0 Å². The Labute approximate surface area is 181 Å². The van der Waals surface area contributed by atoms with Crippen molar-refractivity contribution in [3.05, 3.63) is 72.4 Å². The molecule has 0 aliphatic carbocycles. The van der Waals surface area contributed by atoms with Crippen LogP contribution in [0.2, 0.25) is 0 Å². The number of hydrogen-bond acceptors (Lipinski definition) is 5. The normalized spacial score (nSPS) is 15.4. The highest BCUT2D eigenvalue weighted by Gasteiger charge is 2.21. The van der Waals surface area contributed by atoms with E-state index in [0.717, 1.165) is 48.3 Å². The summed E-state index contributed by atoms with van der Waals surface area (Å²) in [5.74, 6) is 1.22. The van der Waals surface area contributed by atoms with Gasteiger partial charge in [0, 0.05) is 23.6 Å². The van der Waals surface area contributed by atoms with Crippen molar-refractivity contribution in [1.29, 1.82) is 0 Å². The van der Waals surface area contributed by atoms with Crippen LogP contribution in [0.3, 0.4) is 0 Å². The lowest BCUT2D eigenvalue weighted by atomic mass is 9.87. The third-order valence-electron chi connectivity index (χ3n) is 5.94. The molecule has 31 heavy (non-hydrogen) atoms. The fourth-order valence-electron chi connectivity index (χ4n) is 4.32. The van der Waals surface area contributed by atoms with Gasteiger partial charge in [0.25, 0.3) is 0 Å². The molecule has 1 fully saturated rings.